The first kappa shape index (κ1) is 21.7. The van der Waals surface area contributed by atoms with Crippen molar-refractivity contribution in [1.82, 2.24) is 10.0 Å². The standard InChI is InChI=1S/C21H24N2O6S/c1-22-30(25,26)20-14-15(4-7-18(20)27-2)5-8-21(24)23-10-9-16-3-6-17-19(13-16)29-12-11-28-17/h3-8,13-14,22H,9-12H2,1-2H3,(H,23,24). The van der Waals surface area contributed by atoms with E-state index in [-0.39, 0.29) is 16.6 Å². The van der Waals surface area contributed by atoms with E-state index in [0.717, 1.165) is 17.1 Å². The van der Waals surface area contributed by atoms with Crippen molar-refractivity contribution in [3.63, 3.8) is 0 Å². The van der Waals surface area contributed by atoms with Crippen molar-refractivity contribution in [2.24, 2.45) is 0 Å². The van der Waals surface area contributed by atoms with Crippen molar-refractivity contribution in [3.8, 4) is 17.2 Å². The third-order valence-electron chi connectivity index (χ3n) is 4.49. The molecule has 9 heteroatoms. The summed E-state index contributed by atoms with van der Waals surface area (Å²) in [5.74, 6) is 1.40. The predicted octanol–water partition coefficient (Wildman–Crippen LogP) is 1.75. The molecule has 0 bridgehead atoms. The summed E-state index contributed by atoms with van der Waals surface area (Å²) >= 11 is 0. The number of ether oxygens (including phenoxy) is 3. The van der Waals surface area contributed by atoms with Crippen LogP contribution < -0.4 is 24.2 Å². The van der Waals surface area contributed by atoms with Crippen molar-refractivity contribution >= 4 is 22.0 Å². The molecule has 1 heterocycles. The molecule has 2 N–H and O–H groups in total. The van der Waals surface area contributed by atoms with E-state index >= 15 is 0 Å². The number of benzene rings is 2. The van der Waals surface area contributed by atoms with E-state index in [4.69, 9.17) is 14.2 Å². The molecule has 2 aromatic carbocycles. The van der Waals surface area contributed by atoms with Gasteiger partial charge in [0.2, 0.25) is 15.9 Å². The lowest BCUT2D eigenvalue weighted by Gasteiger charge is -2.18. The minimum Gasteiger partial charge on any atom is -0.495 e. The van der Waals surface area contributed by atoms with Crippen molar-refractivity contribution in [2.45, 2.75) is 11.3 Å². The van der Waals surface area contributed by atoms with E-state index in [9.17, 15) is 13.2 Å². The quantitative estimate of drug-likeness (QED) is 0.616. The Labute approximate surface area is 175 Å². The first-order valence-electron chi connectivity index (χ1n) is 9.39. The second-order valence-electron chi connectivity index (χ2n) is 6.47. The summed E-state index contributed by atoms with van der Waals surface area (Å²) in [5.41, 5.74) is 1.59. The normalized spacial score (nSPS) is 13.3. The van der Waals surface area contributed by atoms with Crippen molar-refractivity contribution < 1.29 is 27.4 Å². The van der Waals surface area contributed by atoms with Gasteiger partial charge in [-0.15, -0.1) is 0 Å². The molecule has 2 aromatic rings. The van der Waals surface area contributed by atoms with Crippen LogP contribution in [-0.2, 0) is 21.2 Å². The monoisotopic (exact) mass is 432 g/mol. The summed E-state index contributed by atoms with van der Waals surface area (Å²) in [6.45, 7) is 1.52. The number of nitrogens with one attached hydrogen (secondary N) is 2. The van der Waals surface area contributed by atoms with E-state index < -0.39 is 10.0 Å². The molecule has 0 unspecified atom stereocenters. The maximum absolute atomic E-state index is 12.1. The average molecular weight is 432 g/mol. The fourth-order valence-electron chi connectivity index (χ4n) is 2.92. The van der Waals surface area contributed by atoms with E-state index in [1.165, 1.54) is 26.3 Å². The Morgan fingerprint density at radius 1 is 1.13 bits per heavy atom. The summed E-state index contributed by atoms with van der Waals surface area (Å²) in [6, 6.07) is 10.4. The summed E-state index contributed by atoms with van der Waals surface area (Å²) < 4.78 is 42.7. The molecule has 0 radical (unpaired) electrons. The molecule has 0 fully saturated rings. The molecule has 0 aromatic heterocycles. The lowest BCUT2D eigenvalue weighted by atomic mass is 10.1. The van der Waals surface area contributed by atoms with Gasteiger partial charge in [-0.3, -0.25) is 4.79 Å². The molecule has 0 aliphatic carbocycles. The van der Waals surface area contributed by atoms with Crippen LogP contribution in [0.4, 0.5) is 0 Å². The number of carbonyl (C=O) groups is 1. The molecule has 3 rings (SSSR count). The lowest BCUT2D eigenvalue weighted by molar-refractivity contribution is -0.116. The Bertz CT molecular complexity index is 1050. The maximum atomic E-state index is 12.1. The molecular weight excluding hydrogens is 408 g/mol. The van der Waals surface area contributed by atoms with Crippen LogP contribution in [0.1, 0.15) is 11.1 Å². The Kier molecular flexibility index (Phi) is 6.96. The van der Waals surface area contributed by atoms with Gasteiger partial charge in [0.15, 0.2) is 11.5 Å². The van der Waals surface area contributed by atoms with Gasteiger partial charge in [-0.25, -0.2) is 13.1 Å². The van der Waals surface area contributed by atoms with E-state index in [0.29, 0.717) is 31.7 Å². The molecule has 8 nitrogen and oxygen atoms in total. The zero-order chi connectivity index (χ0) is 21.6. The number of hydrogen-bond acceptors (Lipinski definition) is 6. The molecule has 0 saturated carbocycles. The highest BCUT2D eigenvalue weighted by atomic mass is 32.2. The minimum atomic E-state index is -3.68. The highest BCUT2D eigenvalue weighted by Crippen LogP contribution is 2.30. The van der Waals surface area contributed by atoms with Crippen LogP contribution in [0.2, 0.25) is 0 Å². The Balaban J connectivity index is 1.58. The van der Waals surface area contributed by atoms with Gasteiger partial charge in [0.25, 0.3) is 0 Å². The zero-order valence-corrected chi connectivity index (χ0v) is 17.6. The predicted molar refractivity (Wildman–Crippen MR) is 112 cm³/mol. The topological polar surface area (TPSA) is 103 Å². The average Bonchev–Trinajstić information content (AvgIpc) is 2.77. The summed E-state index contributed by atoms with van der Waals surface area (Å²) in [7, 11) is -0.959. The summed E-state index contributed by atoms with van der Waals surface area (Å²) in [5, 5.41) is 2.81. The smallest absolute Gasteiger partial charge is 0.244 e. The molecule has 30 heavy (non-hydrogen) atoms. The van der Waals surface area contributed by atoms with E-state index in [1.807, 2.05) is 18.2 Å². The maximum Gasteiger partial charge on any atom is 0.244 e. The Hall–Kier alpha value is -3.04. The van der Waals surface area contributed by atoms with Gasteiger partial charge in [0.1, 0.15) is 23.9 Å². The van der Waals surface area contributed by atoms with Crippen LogP contribution in [-0.4, -0.2) is 48.2 Å². The molecule has 0 saturated heterocycles. The molecule has 0 atom stereocenters. The molecule has 1 amide bonds. The van der Waals surface area contributed by atoms with Gasteiger partial charge in [0.05, 0.1) is 7.11 Å². The van der Waals surface area contributed by atoms with Crippen LogP contribution in [0.25, 0.3) is 6.08 Å². The molecule has 1 aliphatic heterocycles. The number of carbonyl (C=O) groups excluding carboxylic acids is 1. The van der Waals surface area contributed by atoms with Gasteiger partial charge >= 0.3 is 0 Å². The Morgan fingerprint density at radius 2 is 1.90 bits per heavy atom. The van der Waals surface area contributed by atoms with Crippen molar-refractivity contribution in [3.05, 3.63) is 53.6 Å². The first-order valence-corrected chi connectivity index (χ1v) is 10.9. The van der Waals surface area contributed by atoms with Crippen molar-refractivity contribution in [1.29, 1.82) is 0 Å². The number of fused-ring (bicyclic) bond motifs is 1. The third-order valence-corrected chi connectivity index (χ3v) is 5.93. The molecule has 160 valence electrons. The van der Waals surface area contributed by atoms with Crippen LogP contribution >= 0.6 is 0 Å². The van der Waals surface area contributed by atoms with Crippen LogP contribution in [0.5, 0.6) is 17.2 Å². The number of amides is 1. The fraction of sp³-hybridized carbons (Fsp3) is 0.286. The zero-order valence-electron chi connectivity index (χ0n) is 16.8. The fourth-order valence-corrected chi connectivity index (χ4v) is 3.85. The molecular formula is C21H24N2O6S. The van der Waals surface area contributed by atoms with Crippen molar-refractivity contribution in [2.75, 3.05) is 33.9 Å². The highest BCUT2D eigenvalue weighted by molar-refractivity contribution is 7.89. The highest BCUT2D eigenvalue weighted by Gasteiger charge is 2.17. The second-order valence-corrected chi connectivity index (χ2v) is 8.33. The van der Waals surface area contributed by atoms with E-state index in [2.05, 4.69) is 10.0 Å². The SMILES string of the molecule is CNS(=O)(=O)c1cc(C=CC(=O)NCCc2ccc3c(c2)OCCO3)ccc1OC. The number of sulfonamides is 1. The van der Waals surface area contributed by atoms with Crippen LogP contribution in [0.3, 0.4) is 0 Å². The largest absolute Gasteiger partial charge is 0.495 e. The number of rotatable bonds is 8. The summed E-state index contributed by atoms with van der Waals surface area (Å²) in [6.07, 6.45) is 3.55. The third kappa shape index (κ3) is 5.31. The van der Waals surface area contributed by atoms with Gasteiger partial charge in [-0.1, -0.05) is 12.1 Å². The van der Waals surface area contributed by atoms with E-state index in [1.54, 1.807) is 18.2 Å². The second kappa shape index (κ2) is 9.64. The first-order chi connectivity index (χ1) is 14.4. The van der Waals surface area contributed by atoms with Gasteiger partial charge in [-0.05, 0) is 54.9 Å². The minimum absolute atomic E-state index is 0.00802. The summed E-state index contributed by atoms with van der Waals surface area (Å²) in [4.78, 5) is 12.1. The molecule has 1 aliphatic rings. The van der Waals surface area contributed by atoms with Gasteiger partial charge in [0, 0.05) is 12.6 Å². The van der Waals surface area contributed by atoms with Gasteiger partial charge in [-0.2, -0.15) is 0 Å². The number of methoxy groups -OCH3 is 1. The van der Waals surface area contributed by atoms with Crippen LogP contribution in [0.15, 0.2) is 47.4 Å². The molecule has 0 spiro atoms. The number of hydrogen-bond donors (Lipinski definition) is 2. The Morgan fingerprint density at radius 3 is 2.63 bits per heavy atom. The van der Waals surface area contributed by atoms with Gasteiger partial charge < -0.3 is 19.5 Å². The lowest BCUT2D eigenvalue weighted by Crippen LogP contribution is -2.23. The van der Waals surface area contributed by atoms with Crippen LogP contribution in [0, 0.1) is 0 Å².